The van der Waals surface area contributed by atoms with Gasteiger partial charge in [-0.3, -0.25) is 9.78 Å². The first kappa shape index (κ1) is 13.6. The molecule has 3 rings (SSSR count). The van der Waals surface area contributed by atoms with Crippen LogP contribution in [-0.4, -0.2) is 10.9 Å². The van der Waals surface area contributed by atoms with Gasteiger partial charge in [0, 0.05) is 28.5 Å². The van der Waals surface area contributed by atoms with E-state index in [0.29, 0.717) is 17.1 Å². The van der Waals surface area contributed by atoms with Crippen LogP contribution in [-0.2, 0) is 6.54 Å². The van der Waals surface area contributed by atoms with Crippen LogP contribution in [0.3, 0.4) is 0 Å². The van der Waals surface area contributed by atoms with E-state index in [1.54, 1.807) is 6.20 Å². The monoisotopic (exact) mass is 297 g/mol. The van der Waals surface area contributed by atoms with Gasteiger partial charge in [0.1, 0.15) is 4.88 Å². The summed E-state index contributed by atoms with van der Waals surface area (Å²) in [6.45, 7) is 2.41. The zero-order valence-corrected chi connectivity index (χ0v) is 12.4. The van der Waals surface area contributed by atoms with Gasteiger partial charge in [-0.25, -0.2) is 0 Å². The van der Waals surface area contributed by atoms with Crippen molar-refractivity contribution in [1.82, 2.24) is 10.3 Å². The van der Waals surface area contributed by atoms with Crippen LogP contribution in [0, 0.1) is 6.92 Å². The average molecular weight is 297 g/mol. The second kappa shape index (κ2) is 5.54. The smallest absolute Gasteiger partial charge is 0.263 e. The number of rotatable bonds is 3. The highest BCUT2D eigenvalue weighted by Crippen LogP contribution is 2.33. The number of nitrogens with one attached hydrogen (secondary N) is 1. The van der Waals surface area contributed by atoms with Gasteiger partial charge in [-0.15, -0.1) is 11.3 Å². The fraction of sp³-hybridized carbons (Fsp3) is 0.125. The fourth-order valence-corrected chi connectivity index (χ4v) is 3.24. The molecule has 1 aromatic carbocycles. The molecule has 21 heavy (non-hydrogen) atoms. The molecule has 0 unspecified atom stereocenters. The Balaban J connectivity index is 1.83. The van der Waals surface area contributed by atoms with Crippen LogP contribution >= 0.6 is 11.3 Å². The minimum Gasteiger partial charge on any atom is -0.397 e. The van der Waals surface area contributed by atoms with Crippen molar-refractivity contribution in [3.8, 4) is 0 Å². The number of nitrogens with two attached hydrogens (primary N) is 1. The molecule has 0 aliphatic rings. The molecule has 3 N–H and O–H groups in total. The summed E-state index contributed by atoms with van der Waals surface area (Å²) in [6, 6.07) is 11.7. The number of hydrogen-bond acceptors (Lipinski definition) is 4. The highest BCUT2D eigenvalue weighted by Gasteiger charge is 2.16. The molecule has 3 aromatic rings. The van der Waals surface area contributed by atoms with Gasteiger partial charge in [0.15, 0.2) is 0 Å². The minimum absolute atomic E-state index is 0.143. The number of nitrogen functional groups attached to an aromatic ring is 1. The van der Waals surface area contributed by atoms with Crippen molar-refractivity contribution in [3.63, 3.8) is 0 Å². The number of anilines is 1. The molecule has 2 aromatic heterocycles. The molecule has 5 heteroatoms. The number of aryl methyl sites for hydroxylation is 1. The molecule has 0 fully saturated rings. The molecule has 4 nitrogen and oxygen atoms in total. The number of nitrogens with zero attached hydrogens (tertiary/aromatic N) is 1. The summed E-state index contributed by atoms with van der Waals surface area (Å²) >= 11 is 1.40. The van der Waals surface area contributed by atoms with Crippen molar-refractivity contribution in [2.24, 2.45) is 0 Å². The van der Waals surface area contributed by atoms with Gasteiger partial charge >= 0.3 is 0 Å². The molecule has 2 heterocycles. The molecule has 0 saturated heterocycles. The Labute approximate surface area is 126 Å². The summed E-state index contributed by atoms with van der Waals surface area (Å²) in [7, 11) is 0. The van der Waals surface area contributed by atoms with Crippen LogP contribution in [0.2, 0.25) is 0 Å². The number of aromatic nitrogens is 1. The summed E-state index contributed by atoms with van der Waals surface area (Å²) in [4.78, 5) is 17.1. The molecular weight excluding hydrogens is 282 g/mol. The minimum atomic E-state index is -0.143. The number of carbonyl (C=O) groups is 1. The SMILES string of the molecule is Cc1cc2sc(C(=O)NCc3ccccc3)c(N)c2cn1. The number of benzene rings is 1. The van der Waals surface area contributed by atoms with Crippen LogP contribution in [0.25, 0.3) is 10.1 Å². The molecule has 0 radical (unpaired) electrons. The third kappa shape index (κ3) is 2.73. The number of carbonyl (C=O) groups excluding carboxylic acids is 1. The Morgan fingerprint density at radius 3 is 2.86 bits per heavy atom. The maximum Gasteiger partial charge on any atom is 0.263 e. The van der Waals surface area contributed by atoms with E-state index < -0.39 is 0 Å². The van der Waals surface area contributed by atoms with Gasteiger partial charge in [-0.2, -0.15) is 0 Å². The van der Waals surface area contributed by atoms with Crippen molar-refractivity contribution in [3.05, 3.63) is 58.7 Å². The van der Waals surface area contributed by atoms with Crippen molar-refractivity contribution in [2.75, 3.05) is 5.73 Å². The molecular formula is C16H15N3OS. The lowest BCUT2D eigenvalue weighted by Crippen LogP contribution is -2.22. The van der Waals surface area contributed by atoms with E-state index in [-0.39, 0.29) is 5.91 Å². The standard InChI is InChI=1S/C16H15N3OS/c1-10-7-13-12(9-18-10)14(17)15(21-13)16(20)19-8-11-5-3-2-4-6-11/h2-7,9H,8,17H2,1H3,(H,19,20). The summed E-state index contributed by atoms with van der Waals surface area (Å²) in [6.07, 6.45) is 1.73. The summed E-state index contributed by atoms with van der Waals surface area (Å²) < 4.78 is 0.991. The van der Waals surface area contributed by atoms with Crippen molar-refractivity contribution >= 4 is 33.0 Å². The lowest BCUT2D eigenvalue weighted by atomic mass is 10.2. The van der Waals surface area contributed by atoms with E-state index in [1.165, 1.54) is 11.3 Å². The van der Waals surface area contributed by atoms with Crippen molar-refractivity contribution in [1.29, 1.82) is 0 Å². The van der Waals surface area contributed by atoms with Gasteiger partial charge in [-0.05, 0) is 18.6 Å². The maximum atomic E-state index is 12.3. The van der Waals surface area contributed by atoms with Crippen LogP contribution in [0.5, 0.6) is 0 Å². The van der Waals surface area contributed by atoms with Crippen LogP contribution in [0.4, 0.5) is 5.69 Å². The summed E-state index contributed by atoms with van der Waals surface area (Å²) in [5.41, 5.74) is 8.55. The fourth-order valence-electron chi connectivity index (χ4n) is 2.14. The second-order valence-corrected chi connectivity index (χ2v) is 5.89. The Bertz CT molecular complexity index is 796. The predicted octanol–water partition coefficient (Wildman–Crippen LogP) is 3.12. The molecule has 1 amide bonds. The molecule has 0 bridgehead atoms. The first-order chi connectivity index (χ1) is 10.1. The molecule has 0 atom stereocenters. The number of fused-ring (bicyclic) bond motifs is 1. The quantitative estimate of drug-likeness (QED) is 0.780. The predicted molar refractivity (Wildman–Crippen MR) is 86.4 cm³/mol. The number of pyridine rings is 1. The third-order valence-electron chi connectivity index (χ3n) is 3.25. The third-order valence-corrected chi connectivity index (χ3v) is 4.42. The van der Waals surface area contributed by atoms with E-state index in [4.69, 9.17) is 5.73 Å². The normalized spacial score (nSPS) is 10.7. The van der Waals surface area contributed by atoms with Crippen molar-refractivity contribution < 1.29 is 4.79 Å². The van der Waals surface area contributed by atoms with Crippen molar-refractivity contribution in [2.45, 2.75) is 13.5 Å². The maximum absolute atomic E-state index is 12.3. The first-order valence-corrected chi connectivity index (χ1v) is 7.43. The molecule has 0 saturated carbocycles. The van der Waals surface area contributed by atoms with Gasteiger partial charge in [0.25, 0.3) is 5.91 Å². The lowest BCUT2D eigenvalue weighted by molar-refractivity contribution is 0.0956. The molecule has 0 aliphatic heterocycles. The van der Waals surface area contributed by atoms with Crippen LogP contribution in [0.15, 0.2) is 42.6 Å². The first-order valence-electron chi connectivity index (χ1n) is 6.62. The number of amides is 1. The Hall–Kier alpha value is -2.40. The van der Waals surface area contributed by atoms with Gasteiger partial charge in [-0.1, -0.05) is 30.3 Å². The Kier molecular flexibility index (Phi) is 3.58. The summed E-state index contributed by atoms with van der Waals surface area (Å²) in [5.74, 6) is -0.143. The zero-order chi connectivity index (χ0) is 14.8. The van der Waals surface area contributed by atoms with E-state index >= 15 is 0 Å². The number of thiophene rings is 1. The van der Waals surface area contributed by atoms with E-state index in [2.05, 4.69) is 10.3 Å². The summed E-state index contributed by atoms with van der Waals surface area (Å²) in [5, 5.41) is 3.75. The highest BCUT2D eigenvalue weighted by atomic mass is 32.1. The average Bonchev–Trinajstić information content (AvgIpc) is 2.82. The zero-order valence-electron chi connectivity index (χ0n) is 11.6. The van der Waals surface area contributed by atoms with Gasteiger partial charge < -0.3 is 11.1 Å². The Morgan fingerprint density at radius 2 is 2.10 bits per heavy atom. The number of hydrogen-bond donors (Lipinski definition) is 2. The van der Waals surface area contributed by atoms with Gasteiger partial charge in [0.2, 0.25) is 0 Å². The van der Waals surface area contributed by atoms with Crippen LogP contribution < -0.4 is 11.1 Å². The Morgan fingerprint density at radius 1 is 1.33 bits per heavy atom. The topological polar surface area (TPSA) is 68.0 Å². The van der Waals surface area contributed by atoms with Gasteiger partial charge in [0.05, 0.1) is 5.69 Å². The highest BCUT2D eigenvalue weighted by molar-refractivity contribution is 7.21. The molecule has 0 spiro atoms. The van der Waals surface area contributed by atoms with E-state index in [0.717, 1.165) is 21.3 Å². The molecule has 0 aliphatic carbocycles. The lowest BCUT2D eigenvalue weighted by Gasteiger charge is -2.04. The van der Waals surface area contributed by atoms with E-state index in [9.17, 15) is 4.79 Å². The second-order valence-electron chi connectivity index (χ2n) is 4.83. The van der Waals surface area contributed by atoms with E-state index in [1.807, 2.05) is 43.3 Å². The molecule has 106 valence electrons. The van der Waals surface area contributed by atoms with Crippen LogP contribution in [0.1, 0.15) is 20.9 Å². The largest absolute Gasteiger partial charge is 0.397 e.